The zero-order chi connectivity index (χ0) is 10.4. The lowest BCUT2D eigenvalue weighted by molar-refractivity contribution is 0.420. The van der Waals surface area contributed by atoms with E-state index in [4.69, 9.17) is 10.3 Å². The Morgan fingerprint density at radius 3 is 3.00 bits per heavy atom. The Hall–Kier alpha value is -1.85. The molecule has 3 N–H and O–H groups in total. The molecule has 1 saturated carbocycles. The minimum atomic E-state index is 0.421. The molecule has 2 aromatic heterocycles. The molecular formula is C9H11N5O. The summed E-state index contributed by atoms with van der Waals surface area (Å²) in [4.78, 5) is 4.30. The maximum atomic E-state index is 5.48. The van der Waals surface area contributed by atoms with E-state index < -0.39 is 0 Å². The molecule has 0 saturated heterocycles. The van der Waals surface area contributed by atoms with Crippen molar-refractivity contribution in [1.29, 1.82) is 0 Å². The normalized spacial score (nSPS) is 24.3. The Morgan fingerprint density at radius 1 is 1.60 bits per heavy atom. The number of nitrogens with zero attached hydrogens (tertiary/aromatic N) is 3. The highest BCUT2D eigenvalue weighted by Gasteiger charge is 2.38. The molecule has 78 valence electrons. The summed E-state index contributed by atoms with van der Waals surface area (Å²) in [5.41, 5.74) is 6.15. The first-order valence-corrected chi connectivity index (χ1v) is 4.89. The van der Waals surface area contributed by atoms with Crippen LogP contribution in [0.25, 0.3) is 11.6 Å². The highest BCUT2D eigenvalue weighted by atomic mass is 16.5. The molecule has 0 spiro atoms. The zero-order valence-corrected chi connectivity index (χ0v) is 8.27. The molecule has 2 unspecified atom stereocenters. The van der Waals surface area contributed by atoms with Gasteiger partial charge in [-0.3, -0.25) is 5.10 Å². The third kappa shape index (κ3) is 1.38. The lowest BCUT2D eigenvalue weighted by atomic mass is 10.3. The van der Waals surface area contributed by atoms with Crippen LogP contribution in [0.5, 0.6) is 0 Å². The molecule has 6 nitrogen and oxygen atoms in total. The van der Waals surface area contributed by atoms with E-state index in [9.17, 15) is 0 Å². The number of nitrogens with two attached hydrogens (primary N) is 1. The minimum absolute atomic E-state index is 0.421. The number of H-pyrrole nitrogens is 1. The lowest BCUT2D eigenvalue weighted by Crippen LogP contribution is -1.84. The highest BCUT2D eigenvalue weighted by molar-refractivity contribution is 5.51. The first-order chi connectivity index (χ1) is 7.24. The second kappa shape index (κ2) is 2.82. The lowest BCUT2D eigenvalue weighted by Gasteiger charge is -1.84. The van der Waals surface area contributed by atoms with Crippen molar-refractivity contribution in [3.05, 3.63) is 11.9 Å². The minimum Gasteiger partial charge on any atom is -0.382 e. The van der Waals surface area contributed by atoms with E-state index in [1.54, 1.807) is 6.07 Å². The Labute approximate surface area is 85.9 Å². The predicted octanol–water partition coefficient (Wildman–Crippen LogP) is 1.17. The first-order valence-electron chi connectivity index (χ1n) is 4.89. The summed E-state index contributed by atoms with van der Waals surface area (Å²) in [6.45, 7) is 2.18. The molecule has 2 atom stereocenters. The Balaban J connectivity index is 1.90. The van der Waals surface area contributed by atoms with Gasteiger partial charge in [-0.2, -0.15) is 10.1 Å². The van der Waals surface area contributed by atoms with E-state index in [0.29, 0.717) is 29.2 Å². The van der Waals surface area contributed by atoms with E-state index in [-0.39, 0.29) is 0 Å². The fourth-order valence-electron chi connectivity index (χ4n) is 1.62. The molecule has 1 aliphatic rings. The SMILES string of the molecule is CC1CC1c1noc(-c2cc(N)n[nH]2)n1. The standard InChI is InChI=1S/C9H11N5O/c1-4-2-5(4)8-11-9(15-14-8)6-3-7(10)13-12-6/h3-5H,2H2,1H3,(H3,10,12,13). The smallest absolute Gasteiger partial charge is 0.276 e. The van der Waals surface area contributed by atoms with Crippen molar-refractivity contribution < 1.29 is 4.52 Å². The summed E-state index contributed by atoms with van der Waals surface area (Å²) in [6, 6.07) is 1.67. The highest BCUT2D eigenvalue weighted by Crippen LogP contribution is 2.45. The second-order valence-electron chi connectivity index (χ2n) is 3.98. The summed E-state index contributed by atoms with van der Waals surface area (Å²) >= 11 is 0. The van der Waals surface area contributed by atoms with Gasteiger partial charge in [-0.25, -0.2) is 0 Å². The van der Waals surface area contributed by atoms with Gasteiger partial charge in [-0.15, -0.1) is 0 Å². The molecule has 2 aromatic rings. The van der Waals surface area contributed by atoms with Gasteiger partial charge in [0.2, 0.25) is 0 Å². The van der Waals surface area contributed by atoms with E-state index in [2.05, 4.69) is 27.3 Å². The van der Waals surface area contributed by atoms with Gasteiger partial charge < -0.3 is 10.3 Å². The molecule has 0 aromatic carbocycles. The van der Waals surface area contributed by atoms with Crippen LogP contribution in [0.2, 0.25) is 0 Å². The quantitative estimate of drug-likeness (QED) is 0.767. The summed E-state index contributed by atoms with van der Waals surface area (Å²) < 4.78 is 5.13. The maximum Gasteiger partial charge on any atom is 0.276 e. The first kappa shape index (κ1) is 8.46. The number of nitrogen functional groups attached to an aromatic ring is 1. The van der Waals surface area contributed by atoms with Gasteiger partial charge in [-0.1, -0.05) is 12.1 Å². The van der Waals surface area contributed by atoms with E-state index in [1.165, 1.54) is 0 Å². The van der Waals surface area contributed by atoms with Crippen LogP contribution in [-0.4, -0.2) is 20.3 Å². The van der Waals surface area contributed by atoms with Gasteiger partial charge in [0.25, 0.3) is 5.89 Å². The van der Waals surface area contributed by atoms with Crippen LogP contribution in [0.1, 0.15) is 25.1 Å². The van der Waals surface area contributed by atoms with Crippen LogP contribution in [0.15, 0.2) is 10.6 Å². The monoisotopic (exact) mass is 205 g/mol. The number of rotatable bonds is 2. The van der Waals surface area contributed by atoms with E-state index in [0.717, 1.165) is 12.2 Å². The molecular weight excluding hydrogens is 194 g/mol. The van der Waals surface area contributed by atoms with Gasteiger partial charge in [-0.05, 0) is 12.3 Å². The third-order valence-electron chi connectivity index (χ3n) is 2.71. The van der Waals surface area contributed by atoms with Crippen LogP contribution in [-0.2, 0) is 0 Å². The van der Waals surface area contributed by atoms with Gasteiger partial charge in [0.05, 0.1) is 0 Å². The molecule has 0 amide bonds. The largest absolute Gasteiger partial charge is 0.382 e. The molecule has 6 heteroatoms. The van der Waals surface area contributed by atoms with E-state index in [1.807, 2.05) is 0 Å². The summed E-state index contributed by atoms with van der Waals surface area (Å²) in [5, 5.41) is 10.5. The van der Waals surface area contributed by atoms with E-state index >= 15 is 0 Å². The Morgan fingerprint density at radius 2 is 2.40 bits per heavy atom. The number of hydrogen-bond acceptors (Lipinski definition) is 5. The molecule has 1 fully saturated rings. The van der Waals surface area contributed by atoms with Crippen LogP contribution in [0.4, 0.5) is 5.82 Å². The molecule has 3 rings (SSSR count). The van der Waals surface area contributed by atoms with Crippen LogP contribution in [0.3, 0.4) is 0 Å². The molecule has 0 radical (unpaired) electrons. The van der Waals surface area contributed by atoms with Crippen molar-refractivity contribution in [2.75, 3.05) is 5.73 Å². The number of anilines is 1. The number of aromatic nitrogens is 4. The Bertz CT molecular complexity index is 488. The van der Waals surface area contributed by atoms with Crippen LogP contribution < -0.4 is 5.73 Å². The summed E-state index contributed by atoms with van der Waals surface area (Å²) in [5.74, 6) is 2.79. The zero-order valence-electron chi connectivity index (χ0n) is 8.27. The third-order valence-corrected chi connectivity index (χ3v) is 2.71. The maximum absolute atomic E-state index is 5.48. The summed E-state index contributed by atoms with van der Waals surface area (Å²) in [7, 11) is 0. The van der Waals surface area contributed by atoms with Crippen molar-refractivity contribution in [1.82, 2.24) is 20.3 Å². The molecule has 2 heterocycles. The van der Waals surface area contributed by atoms with Crippen molar-refractivity contribution in [3.63, 3.8) is 0 Å². The Kier molecular flexibility index (Phi) is 1.59. The average Bonchev–Trinajstić information content (AvgIpc) is 2.71. The average molecular weight is 205 g/mol. The number of aromatic amines is 1. The van der Waals surface area contributed by atoms with Crippen molar-refractivity contribution in [2.24, 2.45) is 5.92 Å². The predicted molar refractivity (Wildman–Crippen MR) is 52.8 cm³/mol. The molecule has 0 bridgehead atoms. The van der Waals surface area contributed by atoms with Crippen molar-refractivity contribution in [2.45, 2.75) is 19.3 Å². The van der Waals surface area contributed by atoms with Gasteiger partial charge in [0.15, 0.2) is 5.82 Å². The van der Waals surface area contributed by atoms with Gasteiger partial charge in [0.1, 0.15) is 11.5 Å². The fourth-order valence-corrected chi connectivity index (χ4v) is 1.62. The molecule has 1 aliphatic carbocycles. The number of nitrogens with one attached hydrogen (secondary N) is 1. The molecule has 15 heavy (non-hydrogen) atoms. The number of hydrogen-bond donors (Lipinski definition) is 2. The van der Waals surface area contributed by atoms with Gasteiger partial charge in [0, 0.05) is 12.0 Å². The topological polar surface area (TPSA) is 93.6 Å². The molecule has 0 aliphatic heterocycles. The second-order valence-corrected chi connectivity index (χ2v) is 3.98. The van der Waals surface area contributed by atoms with Crippen LogP contribution in [0, 0.1) is 5.92 Å². The van der Waals surface area contributed by atoms with Crippen LogP contribution >= 0.6 is 0 Å². The van der Waals surface area contributed by atoms with Crippen molar-refractivity contribution >= 4 is 5.82 Å². The van der Waals surface area contributed by atoms with Gasteiger partial charge >= 0.3 is 0 Å². The summed E-state index contributed by atoms with van der Waals surface area (Å²) in [6.07, 6.45) is 1.14. The van der Waals surface area contributed by atoms with Crippen molar-refractivity contribution in [3.8, 4) is 11.6 Å². The fraction of sp³-hybridized carbons (Fsp3) is 0.444.